The minimum Gasteiger partial charge on any atom is -0.478 e. The third kappa shape index (κ3) is 3.69. The molecular weight excluding hydrogens is 294 g/mol. The molecule has 2 aromatic rings. The highest BCUT2D eigenvalue weighted by atomic mass is 32.2. The number of pyridine rings is 1. The van der Waals surface area contributed by atoms with Crippen molar-refractivity contribution in [1.82, 2.24) is 4.98 Å². The zero-order valence-corrected chi connectivity index (χ0v) is 11.9. The Bertz CT molecular complexity index is 803. The number of aromatic nitrogens is 1. The molecule has 0 amide bonds. The number of anilines is 2. The Morgan fingerprint density at radius 1 is 1.29 bits per heavy atom. The number of carboxylic acids is 1. The van der Waals surface area contributed by atoms with Gasteiger partial charge in [-0.15, -0.1) is 0 Å². The molecule has 110 valence electrons. The van der Waals surface area contributed by atoms with Crippen LogP contribution in [0.4, 0.5) is 11.5 Å². The average molecular weight is 307 g/mol. The lowest BCUT2D eigenvalue weighted by atomic mass is 10.1. The molecule has 0 fully saturated rings. The molecule has 0 aliphatic rings. The van der Waals surface area contributed by atoms with E-state index in [1.165, 1.54) is 12.3 Å². The predicted octanol–water partition coefficient (Wildman–Crippen LogP) is 1.40. The second-order valence-electron chi connectivity index (χ2n) is 4.42. The number of aromatic carboxylic acids is 1. The summed E-state index contributed by atoms with van der Waals surface area (Å²) in [5.41, 5.74) is 6.92. The van der Waals surface area contributed by atoms with Crippen molar-refractivity contribution >= 4 is 27.5 Å². The van der Waals surface area contributed by atoms with Crippen molar-refractivity contribution in [3.05, 3.63) is 42.1 Å². The molecule has 0 saturated heterocycles. The zero-order chi connectivity index (χ0) is 15.6. The SMILES string of the molecule is CS(=O)(=O)Nc1cccc(-c2cnc(N)c(C(=O)O)c2)c1. The Hall–Kier alpha value is -2.61. The van der Waals surface area contributed by atoms with Crippen LogP contribution in [0, 0.1) is 0 Å². The van der Waals surface area contributed by atoms with Gasteiger partial charge in [0.1, 0.15) is 11.4 Å². The van der Waals surface area contributed by atoms with Crippen molar-refractivity contribution in [2.24, 2.45) is 0 Å². The van der Waals surface area contributed by atoms with Gasteiger partial charge in [0, 0.05) is 17.4 Å². The summed E-state index contributed by atoms with van der Waals surface area (Å²) in [7, 11) is -3.38. The third-order valence-electron chi connectivity index (χ3n) is 2.65. The van der Waals surface area contributed by atoms with E-state index in [1.807, 2.05) is 0 Å². The Labute approximate surface area is 121 Å². The Kier molecular flexibility index (Phi) is 3.81. The fraction of sp³-hybridized carbons (Fsp3) is 0.0769. The van der Waals surface area contributed by atoms with Crippen LogP contribution in [0.15, 0.2) is 36.5 Å². The molecule has 0 aliphatic heterocycles. The summed E-state index contributed by atoms with van der Waals surface area (Å²) in [6, 6.07) is 7.93. The summed E-state index contributed by atoms with van der Waals surface area (Å²) < 4.78 is 24.8. The van der Waals surface area contributed by atoms with Crippen molar-refractivity contribution in [1.29, 1.82) is 0 Å². The van der Waals surface area contributed by atoms with E-state index in [-0.39, 0.29) is 11.4 Å². The van der Waals surface area contributed by atoms with Crippen LogP contribution in [0.3, 0.4) is 0 Å². The summed E-state index contributed by atoms with van der Waals surface area (Å²) in [4.78, 5) is 14.9. The zero-order valence-electron chi connectivity index (χ0n) is 11.1. The quantitative estimate of drug-likeness (QED) is 0.784. The number of carboxylic acid groups (broad SMARTS) is 1. The standard InChI is InChI=1S/C13H13N3O4S/c1-21(19,20)16-10-4-2-3-8(5-10)9-6-11(13(17)18)12(14)15-7-9/h2-7,16H,1H3,(H2,14,15)(H,17,18). The predicted molar refractivity (Wildman–Crippen MR) is 79.5 cm³/mol. The van der Waals surface area contributed by atoms with Gasteiger partial charge in [0.05, 0.1) is 6.26 Å². The molecule has 0 aliphatic carbocycles. The largest absolute Gasteiger partial charge is 0.478 e. The number of benzene rings is 1. The molecule has 0 atom stereocenters. The number of nitrogen functional groups attached to an aromatic ring is 1. The van der Waals surface area contributed by atoms with Gasteiger partial charge in [-0.2, -0.15) is 0 Å². The summed E-state index contributed by atoms with van der Waals surface area (Å²) in [5.74, 6) is -1.25. The first-order valence-electron chi connectivity index (χ1n) is 5.83. The first-order chi connectivity index (χ1) is 9.76. The van der Waals surface area contributed by atoms with Crippen LogP contribution < -0.4 is 10.5 Å². The molecule has 4 N–H and O–H groups in total. The fourth-order valence-corrected chi connectivity index (χ4v) is 2.34. The van der Waals surface area contributed by atoms with E-state index in [4.69, 9.17) is 10.8 Å². The molecule has 1 heterocycles. The summed E-state index contributed by atoms with van der Waals surface area (Å²) in [5, 5.41) is 9.03. The van der Waals surface area contributed by atoms with Crippen LogP contribution in [0.25, 0.3) is 11.1 Å². The van der Waals surface area contributed by atoms with Crippen molar-refractivity contribution in [3.8, 4) is 11.1 Å². The molecule has 2 rings (SSSR count). The van der Waals surface area contributed by atoms with Crippen molar-refractivity contribution < 1.29 is 18.3 Å². The van der Waals surface area contributed by atoms with E-state index in [0.717, 1.165) is 6.26 Å². The lowest BCUT2D eigenvalue weighted by Crippen LogP contribution is -2.09. The number of nitrogens with one attached hydrogen (secondary N) is 1. The van der Waals surface area contributed by atoms with Crippen molar-refractivity contribution in [2.45, 2.75) is 0 Å². The van der Waals surface area contributed by atoms with Crippen LogP contribution >= 0.6 is 0 Å². The number of carbonyl (C=O) groups is 1. The monoisotopic (exact) mass is 307 g/mol. The molecule has 0 saturated carbocycles. The van der Waals surface area contributed by atoms with Crippen molar-refractivity contribution in [3.63, 3.8) is 0 Å². The maximum atomic E-state index is 11.2. The molecule has 0 bridgehead atoms. The molecule has 0 spiro atoms. The van der Waals surface area contributed by atoms with Gasteiger partial charge in [0.2, 0.25) is 10.0 Å². The van der Waals surface area contributed by atoms with E-state index in [0.29, 0.717) is 16.8 Å². The smallest absolute Gasteiger partial charge is 0.339 e. The summed E-state index contributed by atoms with van der Waals surface area (Å²) >= 11 is 0. The number of nitrogens with two attached hydrogens (primary N) is 1. The third-order valence-corrected chi connectivity index (χ3v) is 3.25. The lowest BCUT2D eigenvalue weighted by Gasteiger charge is -2.08. The Balaban J connectivity index is 2.45. The maximum Gasteiger partial charge on any atom is 0.339 e. The molecule has 1 aromatic heterocycles. The maximum absolute atomic E-state index is 11.2. The van der Waals surface area contributed by atoms with Gasteiger partial charge in [-0.05, 0) is 23.8 Å². The molecular formula is C13H13N3O4S. The minimum absolute atomic E-state index is 0.0725. The Morgan fingerprint density at radius 2 is 2.00 bits per heavy atom. The second-order valence-corrected chi connectivity index (χ2v) is 6.17. The number of rotatable bonds is 4. The van der Waals surface area contributed by atoms with Gasteiger partial charge in [-0.1, -0.05) is 12.1 Å². The number of hydrogen-bond acceptors (Lipinski definition) is 5. The van der Waals surface area contributed by atoms with Gasteiger partial charge >= 0.3 is 5.97 Å². The van der Waals surface area contributed by atoms with E-state index in [9.17, 15) is 13.2 Å². The minimum atomic E-state index is -3.38. The normalized spacial score (nSPS) is 11.1. The van der Waals surface area contributed by atoms with Gasteiger partial charge in [0.25, 0.3) is 0 Å². The van der Waals surface area contributed by atoms with E-state index < -0.39 is 16.0 Å². The van der Waals surface area contributed by atoms with E-state index in [1.54, 1.807) is 24.3 Å². The van der Waals surface area contributed by atoms with Crippen LogP contribution in [0.5, 0.6) is 0 Å². The van der Waals surface area contributed by atoms with Gasteiger partial charge < -0.3 is 10.8 Å². The Morgan fingerprint density at radius 3 is 2.62 bits per heavy atom. The molecule has 0 radical (unpaired) electrons. The van der Waals surface area contributed by atoms with Crippen molar-refractivity contribution in [2.75, 3.05) is 16.7 Å². The van der Waals surface area contributed by atoms with E-state index >= 15 is 0 Å². The molecule has 7 nitrogen and oxygen atoms in total. The molecule has 0 unspecified atom stereocenters. The first kappa shape index (κ1) is 14.8. The fourth-order valence-electron chi connectivity index (χ4n) is 1.78. The highest BCUT2D eigenvalue weighted by Gasteiger charge is 2.11. The highest BCUT2D eigenvalue weighted by Crippen LogP contribution is 2.25. The lowest BCUT2D eigenvalue weighted by molar-refractivity contribution is 0.0697. The second kappa shape index (κ2) is 5.41. The van der Waals surface area contributed by atoms with Crippen LogP contribution in [0.1, 0.15) is 10.4 Å². The molecule has 1 aromatic carbocycles. The first-order valence-corrected chi connectivity index (χ1v) is 7.72. The number of sulfonamides is 1. The van der Waals surface area contributed by atoms with Crippen LogP contribution in [-0.4, -0.2) is 30.7 Å². The summed E-state index contributed by atoms with van der Waals surface area (Å²) in [6.45, 7) is 0. The topological polar surface area (TPSA) is 122 Å². The number of nitrogens with zero attached hydrogens (tertiary/aromatic N) is 1. The summed E-state index contributed by atoms with van der Waals surface area (Å²) in [6.07, 6.45) is 2.48. The van der Waals surface area contributed by atoms with E-state index in [2.05, 4.69) is 9.71 Å². The van der Waals surface area contributed by atoms with Gasteiger partial charge in [-0.3, -0.25) is 4.72 Å². The number of hydrogen-bond donors (Lipinski definition) is 3. The average Bonchev–Trinajstić information content (AvgIpc) is 2.37. The van der Waals surface area contributed by atoms with Gasteiger partial charge in [-0.25, -0.2) is 18.2 Å². The highest BCUT2D eigenvalue weighted by molar-refractivity contribution is 7.92. The molecule has 21 heavy (non-hydrogen) atoms. The van der Waals surface area contributed by atoms with Crippen LogP contribution in [-0.2, 0) is 10.0 Å². The van der Waals surface area contributed by atoms with Crippen LogP contribution in [0.2, 0.25) is 0 Å². The molecule has 8 heteroatoms. The van der Waals surface area contributed by atoms with Gasteiger partial charge in [0.15, 0.2) is 0 Å².